The Balaban J connectivity index is 0.000000384. The van der Waals surface area contributed by atoms with Crippen molar-refractivity contribution in [3.8, 4) is 11.3 Å². The third kappa shape index (κ3) is 5.12. The second-order valence-corrected chi connectivity index (χ2v) is 8.28. The third-order valence-corrected chi connectivity index (χ3v) is 5.88. The summed E-state index contributed by atoms with van der Waals surface area (Å²) >= 11 is 0. The van der Waals surface area contributed by atoms with Crippen molar-refractivity contribution in [2.45, 2.75) is 30.8 Å². The highest BCUT2D eigenvalue weighted by Crippen LogP contribution is 2.42. The second kappa shape index (κ2) is 9.41. The van der Waals surface area contributed by atoms with Gasteiger partial charge in [0.2, 0.25) is 5.95 Å². The first-order valence-electron chi connectivity index (χ1n) is 10.6. The molecular weight excluding hydrogens is 496 g/mol. The molecule has 1 aromatic carbocycles. The summed E-state index contributed by atoms with van der Waals surface area (Å²) < 4.78 is 76.7. The van der Waals surface area contributed by atoms with Gasteiger partial charge in [-0.25, -0.2) is 14.8 Å². The normalized spacial score (nSPS) is 19.6. The number of rotatable bonds is 2. The Morgan fingerprint density at radius 3 is 2.44 bits per heavy atom. The first kappa shape index (κ1) is 25.4. The van der Waals surface area contributed by atoms with E-state index in [0.29, 0.717) is 26.3 Å². The predicted octanol–water partition coefficient (Wildman–Crippen LogP) is 4.20. The van der Waals surface area contributed by atoms with Crippen LogP contribution in [-0.2, 0) is 27.7 Å². The van der Waals surface area contributed by atoms with E-state index in [0.717, 1.165) is 41.2 Å². The van der Waals surface area contributed by atoms with Gasteiger partial charge in [-0.1, -0.05) is 30.3 Å². The summed E-state index contributed by atoms with van der Waals surface area (Å²) in [5.74, 6) is -2.67. The van der Waals surface area contributed by atoms with Crippen LogP contribution in [0.5, 0.6) is 0 Å². The molecule has 1 unspecified atom stereocenters. The van der Waals surface area contributed by atoms with Crippen LogP contribution in [0.3, 0.4) is 0 Å². The number of carbonyl (C=O) groups is 1. The van der Waals surface area contributed by atoms with Crippen molar-refractivity contribution in [3.05, 3.63) is 59.5 Å². The van der Waals surface area contributed by atoms with Crippen molar-refractivity contribution in [1.29, 1.82) is 0 Å². The molecule has 4 heterocycles. The van der Waals surface area contributed by atoms with Gasteiger partial charge >= 0.3 is 18.3 Å². The maximum atomic E-state index is 13.0. The van der Waals surface area contributed by atoms with Gasteiger partial charge in [-0.3, -0.25) is 5.10 Å². The van der Waals surface area contributed by atoms with Crippen LogP contribution < -0.4 is 4.90 Å². The molecule has 192 valence electrons. The van der Waals surface area contributed by atoms with E-state index in [-0.39, 0.29) is 11.4 Å². The van der Waals surface area contributed by atoms with Crippen molar-refractivity contribution in [1.82, 2.24) is 20.2 Å². The Morgan fingerprint density at radius 2 is 1.81 bits per heavy atom. The number of carboxylic acids is 1. The lowest BCUT2D eigenvalue weighted by molar-refractivity contribution is -0.192. The molecule has 1 spiro atoms. The zero-order chi connectivity index (χ0) is 26.1. The average Bonchev–Trinajstić information content (AvgIpc) is 3.45. The number of ether oxygens (including phenoxy) is 1. The molecule has 0 radical (unpaired) electrons. The number of aromatic amines is 1. The summed E-state index contributed by atoms with van der Waals surface area (Å²) in [5.41, 5.74) is 2.56. The molecule has 0 amide bonds. The van der Waals surface area contributed by atoms with Crippen LogP contribution in [0.15, 0.2) is 42.6 Å². The second-order valence-electron chi connectivity index (χ2n) is 8.28. The van der Waals surface area contributed by atoms with E-state index >= 15 is 0 Å². The highest BCUT2D eigenvalue weighted by atomic mass is 19.4. The number of benzene rings is 1. The summed E-state index contributed by atoms with van der Waals surface area (Å²) in [4.78, 5) is 18.5. The monoisotopic (exact) mass is 515 g/mol. The van der Waals surface area contributed by atoms with Gasteiger partial charge in [-0.05, 0) is 12.5 Å². The molecule has 1 saturated heterocycles. The SMILES string of the molecule is FC(F)(F)c1ccnc(N2CCC3(COCc4c(-c5ccccc5)n[nH]c43)C2)n1.O=C(O)C(F)(F)F. The van der Waals surface area contributed by atoms with E-state index in [1.165, 1.54) is 0 Å². The largest absolute Gasteiger partial charge is 0.490 e. The number of anilines is 1. The van der Waals surface area contributed by atoms with Crippen LogP contribution in [0, 0.1) is 0 Å². The minimum Gasteiger partial charge on any atom is -0.475 e. The molecule has 14 heteroatoms. The fourth-order valence-electron chi connectivity index (χ4n) is 4.22. The highest BCUT2D eigenvalue weighted by Gasteiger charge is 2.46. The van der Waals surface area contributed by atoms with Gasteiger partial charge in [0, 0.05) is 30.4 Å². The third-order valence-electron chi connectivity index (χ3n) is 5.88. The van der Waals surface area contributed by atoms with Gasteiger partial charge in [-0.2, -0.15) is 31.4 Å². The molecule has 2 N–H and O–H groups in total. The summed E-state index contributed by atoms with van der Waals surface area (Å²) in [6.07, 6.45) is -7.71. The maximum absolute atomic E-state index is 13.0. The summed E-state index contributed by atoms with van der Waals surface area (Å²) in [7, 11) is 0. The molecule has 0 aliphatic carbocycles. The number of nitrogens with zero attached hydrogens (tertiary/aromatic N) is 4. The van der Waals surface area contributed by atoms with Gasteiger partial charge < -0.3 is 14.7 Å². The number of H-pyrrole nitrogens is 1. The molecule has 36 heavy (non-hydrogen) atoms. The number of nitrogens with one attached hydrogen (secondary N) is 1. The van der Waals surface area contributed by atoms with E-state index in [1.807, 2.05) is 30.3 Å². The van der Waals surface area contributed by atoms with Gasteiger partial charge in [0.05, 0.1) is 30.0 Å². The molecule has 2 aromatic heterocycles. The fraction of sp³-hybridized carbons (Fsp3) is 0.364. The van der Waals surface area contributed by atoms with Crippen molar-refractivity contribution < 1.29 is 41.0 Å². The Bertz CT molecular complexity index is 1230. The van der Waals surface area contributed by atoms with Crippen molar-refractivity contribution in [2.75, 3.05) is 24.6 Å². The summed E-state index contributed by atoms with van der Waals surface area (Å²) in [6, 6.07) is 10.7. The van der Waals surface area contributed by atoms with E-state index in [1.54, 1.807) is 4.90 Å². The van der Waals surface area contributed by atoms with Gasteiger partial charge in [0.25, 0.3) is 0 Å². The first-order valence-corrected chi connectivity index (χ1v) is 10.6. The lowest BCUT2D eigenvalue weighted by atomic mass is 9.80. The van der Waals surface area contributed by atoms with E-state index in [9.17, 15) is 26.3 Å². The lowest BCUT2D eigenvalue weighted by Crippen LogP contribution is -2.40. The Kier molecular flexibility index (Phi) is 6.64. The number of fused-ring (bicyclic) bond motifs is 2. The molecule has 3 aromatic rings. The molecule has 0 bridgehead atoms. The van der Waals surface area contributed by atoms with Crippen molar-refractivity contribution in [2.24, 2.45) is 0 Å². The van der Waals surface area contributed by atoms with E-state index < -0.39 is 24.0 Å². The van der Waals surface area contributed by atoms with E-state index in [4.69, 9.17) is 14.6 Å². The number of hydrogen-bond donors (Lipinski definition) is 2. The topological polar surface area (TPSA) is 104 Å². The van der Waals surface area contributed by atoms with E-state index in [2.05, 4.69) is 20.2 Å². The number of halogens is 6. The van der Waals surface area contributed by atoms with Crippen molar-refractivity contribution >= 4 is 11.9 Å². The predicted molar refractivity (Wildman–Crippen MR) is 113 cm³/mol. The average molecular weight is 515 g/mol. The lowest BCUT2D eigenvalue weighted by Gasteiger charge is -2.33. The van der Waals surface area contributed by atoms with Gasteiger partial charge in [0.1, 0.15) is 5.69 Å². The van der Waals surface area contributed by atoms with Gasteiger partial charge in [-0.15, -0.1) is 0 Å². The summed E-state index contributed by atoms with van der Waals surface area (Å²) in [6.45, 7) is 1.95. The van der Waals surface area contributed by atoms with Crippen LogP contribution in [0.1, 0.15) is 23.4 Å². The molecular formula is C22H19F6N5O3. The molecule has 2 aliphatic heterocycles. The smallest absolute Gasteiger partial charge is 0.475 e. The summed E-state index contributed by atoms with van der Waals surface area (Å²) in [5, 5.41) is 14.8. The van der Waals surface area contributed by atoms with Crippen LogP contribution in [0.4, 0.5) is 32.3 Å². The zero-order valence-electron chi connectivity index (χ0n) is 18.4. The molecule has 0 saturated carbocycles. The standard InChI is InChI=1S/C20H18F3N5O.C2HF3O2/c21-20(22,23)15-6-8-24-18(25-15)28-9-7-19(11-28)12-29-10-14-16(26-27-17(14)19)13-4-2-1-3-5-13;3-2(4,5)1(6)7/h1-6,8H,7,9-12H2,(H,26,27);(H,6,7). The Morgan fingerprint density at radius 1 is 1.11 bits per heavy atom. The first-order chi connectivity index (χ1) is 16.9. The number of aliphatic carboxylic acids is 1. The molecule has 1 fully saturated rings. The van der Waals surface area contributed by atoms with Crippen LogP contribution in [0.2, 0.25) is 0 Å². The van der Waals surface area contributed by atoms with Crippen LogP contribution in [0.25, 0.3) is 11.3 Å². The number of carboxylic acid groups (broad SMARTS) is 1. The number of hydrogen-bond acceptors (Lipinski definition) is 6. The molecule has 1 atom stereocenters. The zero-order valence-corrected chi connectivity index (χ0v) is 18.4. The fourth-order valence-corrected chi connectivity index (χ4v) is 4.22. The van der Waals surface area contributed by atoms with Gasteiger partial charge in [0.15, 0.2) is 0 Å². The highest BCUT2D eigenvalue weighted by molar-refractivity contribution is 5.73. The molecule has 5 rings (SSSR count). The Labute approximate surface area is 199 Å². The van der Waals surface area contributed by atoms with Crippen molar-refractivity contribution in [3.63, 3.8) is 0 Å². The molecule has 8 nitrogen and oxygen atoms in total. The minimum atomic E-state index is -5.08. The van der Waals surface area contributed by atoms with Crippen LogP contribution >= 0.6 is 0 Å². The number of aromatic nitrogens is 4. The van der Waals surface area contributed by atoms with Crippen LogP contribution in [-0.4, -0.2) is 57.1 Å². The minimum absolute atomic E-state index is 0.0895. The molecule has 2 aliphatic rings. The maximum Gasteiger partial charge on any atom is 0.490 e. The Hall–Kier alpha value is -3.68. The number of alkyl halides is 6. The quantitative estimate of drug-likeness (QED) is 0.493.